The van der Waals surface area contributed by atoms with Gasteiger partial charge in [0.1, 0.15) is 0 Å². The van der Waals surface area contributed by atoms with Crippen LogP contribution in [0.5, 0.6) is 0 Å². The molecule has 1 aliphatic heterocycles. The first kappa shape index (κ1) is 17.5. The first-order chi connectivity index (χ1) is 8.33. The Balaban J connectivity index is 3.76. The fraction of sp³-hybridized carbons (Fsp3) is 1.00. The lowest BCUT2D eigenvalue weighted by atomic mass is 11.3. The summed E-state index contributed by atoms with van der Waals surface area (Å²) in [6, 6.07) is 0. The van der Waals surface area contributed by atoms with Gasteiger partial charge in [0.2, 0.25) is 0 Å². The predicted octanol–water partition coefficient (Wildman–Crippen LogP) is 6.81. The number of hydrogen-bond acceptors (Lipinski definition) is 6. The standard InChI is InChI=1S/C3H9F6N5OP4/c1-14(2)18(8)10-16(4,5)12-19(9,15-3)13-17(6,7)11-18/h1-3H3. The second-order valence-electron chi connectivity index (χ2n) is 3.27. The zero-order valence-electron chi connectivity index (χ0n) is 9.70. The van der Waals surface area contributed by atoms with E-state index in [0.717, 1.165) is 14.1 Å². The van der Waals surface area contributed by atoms with Gasteiger partial charge in [0.15, 0.2) is 0 Å². The van der Waals surface area contributed by atoms with Crippen molar-refractivity contribution in [3.63, 3.8) is 0 Å². The second kappa shape index (κ2) is 5.32. The average molecular weight is 369 g/mol. The highest BCUT2D eigenvalue weighted by atomic mass is 31.3. The van der Waals surface area contributed by atoms with E-state index in [0.29, 0.717) is 11.8 Å². The van der Waals surface area contributed by atoms with Crippen LogP contribution in [0.1, 0.15) is 0 Å². The Morgan fingerprint density at radius 3 is 1.68 bits per heavy atom. The Morgan fingerprint density at radius 1 is 0.789 bits per heavy atom. The van der Waals surface area contributed by atoms with Gasteiger partial charge >= 0.3 is 31.1 Å². The van der Waals surface area contributed by atoms with Crippen molar-refractivity contribution in [2.45, 2.75) is 0 Å². The van der Waals surface area contributed by atoms with Crippen molar-refractivity contribution in [3.05, 3.63) is 0 Å². The number of rotatable bonds is 2. The summed E-state index contributed by atoms with van der Waals surface area (Å²) in [6.07, 6.45) is 0. The molecule has 2 atom stereocenters. The van der Waals surface area contributed by atoms with Crippen molar-refractivity contribution in [1.82, 2.24) is 4.67 Å². The molecule has 0 saturated carbocycles. The molecule has 0 aromatic heterocycles. The lowest BCUT2D eigenvalue weighted by molar-refractivity contribution is 0.420. The smallest absolute Gasteiger partial charge is 0.306 e. The molecule has 0 amide bonds. The minimum Gasteiger partial charge on any atom is -0.306 e. The molecule has 0 N–H and O–H groups in total. The summed E-state index contributed by atoms with van der Waals surface area (Å²) in [7, 11) is -19.6. The molecule has 0 aliphatic carbocycles. The molecule has 0 spiro atoms. The Hall–Kier alpha value is 0.420. The largest absolute Gasteiger partial charge is 0.424 e. The van der Waals surface area contributed by atoms with E-state index in [1.165, 1.54) is 0 Å². The topological polar surface area (TPSA) is 61.9 Å². The van der Waals surface area contributed by atoms with Gasteiger partial charge in [-0.05, 0) is 14.1 Å². The lowest BCUT2D eigenvalue weighted by Crippen LogP contribution is -2.03. The van der Waals surface area contributed by atoms with E-state index in [2.05, 4.69) is 22.6 Å². The lowest BCUT2D eigenvalue weighted by Gasteiger charge is -2.21. The van der Waals surface area contributed by atoms with Crippen molar-refractivity contribution < 1.29 is 29.7 Å². The van der Waals surface area contributed by atoms with Gasteiger partial charge in [-0.2, -0.15) is 8.39 Å². The normalized spacial score (nSPS) is 37.2. The van der Waals surface area contributed by atoms with Gasteiger partial charge in [0.05, 0.1) is 0 Å². The van der Waals surface area contributed by atoms with Crippen molar-refractivity contribution in [1.29, 1.82) is 0 Å². The van der Waals surface area contributed by atoms with Gasteiger partial charge in [-0.15, -0.1) is 34.8 Å². The fourth-order valence-corrected chi connectivity index (χ4v) is 8.88. The summed E-state index contributed by atoms with van der Waals surface area (Å²) in [5.41, 5.74) is 0. The molecular formula is C3H9F6N5OP4. The number of hydrogen-bond donors (Lipinski definition) is 0. The molecule has 2 unspecified atom stereocenters. The summed E-state index contributed by atoms with van der Waals surface area (Å²) in [5, 5.41) is 0. The summed E-state index contributed by atoms with van der Waals surface area (Å²) < 4.78 is 94.3. The molecule has 114 valence electrons. The first-order valence-corrected chi connectivity index (χ1v) is 10.3. The Morgan fingerprint density at radius 2 is 1.26 bits per heavy atom. The predicted molar refractivity (Wildman–Crippen MR) is 64.7 cm³/mol. The maximum atomic E-state index is 14.0. The SMILES string of the molecule is COP1(F)=NP(F)(F)=NP(F)(N(C)C)=NP(F)(F)=N1. The molecule has 6 nitrogen and oxygen atoms in total. The molecule has 1 rings (SSSR count). The summed E-state index contributed by atoms with van der Waals surface area (Å²) in [5.74, 6) is 0. The van der Waals surface area contributed by atoms with Crippen LogP contribution in [-0.2, 0) is 4.52 Å². The van der Waals surface area contributed by atoms with Crippen LogP contribution in [0.15, 0.2) is 18.1 Å². The van der Waals surface area contributed by atoms with Gasteiger partial charge in [0, 0.05) is 7.11 Å². The van der Waals surface area contributed by atoms with Crippen LogP contribution in [0.4, 0.5) is 25.2 Å². The molecule has 0 bridgehead atoms. The van der Waals surface area contributed by atoms with Crippen LogP contribution in [0.2, 0.25) is 0 Å². The van der Waals surface area contributed by atoms with Gasteiger partial charge in [0.25, 0.3) is 0 Å². The van der Waals surface area contributed by atoms with Gasteiger partial charge in [-0.25, -0.2) is 4.67 Å². The van der Waals surface area contributed by atoms with E-state index < -0.39 is 31.1 Å². The van der Waals surface area contributed by atoms with Gasteiger partial charge in [-0.1, -0.05) is 0 Å². The summed E-state index contributed by atoms with van der Waals surface area (Å²) in [4.78, 5) is 0. The monoisotopic (exact) mass is 369 g/mol. The molecule has 0 aromatic carbocycles. The number of halogens is 6. The quantitative estimate of drug-likeness (QED) is 0.397. The summed E-state index contributed by atoms with van der Waals surface area (Å²) in [6.45, 7) is 0. The zero-order valence-corrected chi connectivity index (χ0v) is 13.3. The maximum absolute atomic E-state index is 14.0. The maximum Gasteiger partial charge on any atom is 0.424 e. The molecule has 1 aliphatic rings. The van der Waals surface area contributed by atoms with Crippen molar-refractivity contribution in [2.75, 3.05) is 21.2 Å². The van der Waals surface area contributed by atoms with Crippen LogP contribution in [-0.4, -0.2) is 25.9 Å². The van der Waals surface area contributed by atoms with E-state index in [9.17, 15) is 25.2 Å². The Kier molecular flexibility index (Phi) is 4.89. The van der Waals surface area contributed by atoms with E-state index in [1.54, 1.807) is 0 Å². The Labute approximate surface area is 105 Å². The van der Waals surface area contributed by atoms with E-state index >= 15 is 0 Å². The second-order valence-corrected chi connectivity index (χ2v) is 11.1. The molecule has 0 aromatic rings. The molecule has 1 heterocycles. The van der Waals surface area contributed by atoms with E-state index in [1.807, 2.05) is 0 Å². The van der Waals surface area contributed by atoms with Crippen LogP contribution >= 0.6 is 31.1 Å². The number of nitrogens with zero attached hydrogens (tertiary/aromatic N) is 5. The van der Waals surface area contributed by atoms with Crippen molar-refractivity contribution in [2.24, 2.45) is 18.1 Å². The molecule has 0 saturated heterocycles. The third-order valence-corrected chi connectivity index (χ3v) is 10.1. The third-order valence-electron chi connectivity index (χ3n) is 1.62. The molecule has 0 radical (unpaired) electrons. The van der Waals surface area contributed by atoms with Crippen molar-refractivity contribution >= 4 is 31.1 Å². The molecule has 0 fully saturated rings. The average Bonchev–Trinajstić information content (AvgIpc) is 2.11. The van der Waals surface area contributed by atoms with Crippen LogP contribution in [0.3, 0.4) is 0 Å². The highest BCUT2D eigenvalue weighted by Crippen LogP contribution is 2.81. The third kappa shape index (κ3) is 4.45. The first-order valence-electron chi connectivity index (χ1n) is 4.30. The highest BCUT2D eigenvalue weighted by molar-refractivity contribution is 7.78. The van der Waals surface area contributed by atoms with E-state index in [-0.39, 0.29) is 0 Å². The van der Waals surface area contributed by atoms with Crippen molar-refractivity contribution in [3.8, 4) is 0 Å². The minimum absolute atomic E-state index is 0.399. The zero-order chi connectivity index (χ0) is 15.1. The summed E-state index contributed by atoms with van der Waals surface area (Å²) >= 11 is 0. The minimum atomic E-state index is -5.85. The molecule has 19 heavy (non-hydrogen) atoms. The Bertz CT molecular complexity index is 586. The fourth-order valence-electron chi connectivity index (χ4n) is 0.844. The van der Waals surface area contributed by atoms with Gasteiger partial charge < -0.3 is 4.52 Å². The van der Waals surface area contributed by atoms with Crippen LogP contribution in [0, 0.1) is 0 Å². The van der Waals surface area contributed by atoms with Crippen LogP contribution < -0.4 is 0 Å². The molecule has 16 heteroatoms. The molecular weight excluding hydrogens is 360 g/mol. The van der Waals surface area contributed by atoms with Crippen LogP contribution in [0.25, 0.3) is 0 Å². The highest BCUT2D eigenvalue weighted by Gasteiger charge is 2.40. The van der Waals surface area contributed by atoms with E-state index in [4.69, 9.17) is 0 Å². The van der Waals surface area contributed by atoms with Gasteiger partial charge in [-0.3, -0.25) is 0 Å².